The molecule has 0 bridgehead atoms. The molecule has 1 rings (SSSR count). The molecule has 0 aliphatic carbocycles. The topological polar surface area (TPSA) is 49.3 Å². The van der Waals surface area contributed by atoms with Gasteiger partial charge in [-0.3, -0.25) is 0 Å². The molecule has 0 saturated heterocycles. The molecule has 16 heavy (non-hydrogen) atoms. The lowest BCUT2D eigenvalue weighted by Crippen LogP contribution is -2.37. The van der Waals surface area contributed by atoms with Crippen LogP contribution in [-0.2, 0) is 6.54 Å². The number of aromatic nitrogens is 1. The molecule has 0 spiro atoms. The minimum absolute atomic E-state index is 0.480. The largest absolute Gasteiger partial charge is 0.357 e. The third kappa shape index (κ3) is 4.32. The van der Waals surface area contributed by atoms with Crippen molar-refractivity contribution in [2.45, 2.75) is 20.4 Å². The fraction of sp³-hybridized carbons (Fsp3) is 0.455. The Hall–Kier alpha value is -1.54. The molecule has 0 radical (unpaired) electrons. The van der Waals surface area contributed by atoms with E-state index in [2.05, 4.69) is 26.5 Å². The fourth-order valence-corrected chi connectivity index (χ4v) is 1.83. The van der Waals surface area contributed by atoms with Crippen LogP contribution in [0.4, 0.5) is 0 Å². The average molecular weight is 236 g/mol. The van der Waals surface area contributed by atoms with Gasteiger partial charge in [0.1, 0.15) is 0 Å². The van der Waals surface area contributed by atoms with E-state index in [4.69, 9.17) is 6.42 Å². The molecular weight excluding hydrogens is 220 g/mol. The van der Waals surface area contributed by atoms with Gasteiger partial charge in [-0.1, -0.05) is 5.92 Å². The van der Waals surface area contributed by atoms with Gasteiger partial charge in [-0.15, -0.1) is 17.8 Å². The summed E-state index contributed by atoms with van der Waals surface area (Å²) >= 11 is 1.66. The first-order valence-electron chi connectivity index (χ1n) is 5.13. The van der Waals surface area contributed by atoms with Gasteiger partial charge in [0.2, 0.25) is 0 Å². The molecule has 0 aromatic carbocycles. The van der Waals surface area contributed by atoms with Crippen LogP contribution in [0.25, 0.3) is 0 Å². The predicted molar refractivity (Wildman–Crippen MR) is 68.5 cm³/mol. The molecule has 1 aromatic heterocycles. The van der Waals surface area contributed by atoms with E-state index >= 15 is 0 Å². The summed E-state index contributed by atoms with van der Waals surface area (Å²) in [5.74, 6) is 3.26. The standard InChI is InChI=1S/C11H16N4S/c1-4-6-13-11(12-5-2)15-8-10-7-14-9(3)16-10/h1,7H,5-6,8H2,2-3H3,(H2,12,13,15). The number of nitrogens with zero attached hydrogens (tertiary/aromatic N) is 2. The van der Waals surface area contributed by atoms with Crippen LogP contribution in [0.3, 0.4) is 0 Å². The summed E-state index contributed by atoms with van der Waals surface area (Å²) in [4.78, 5) is 9.73. The normalized spacial score (nSPS) is 10.9. The van der Waals surface area contributed by atoms with E-state index in [9.17, 15) is 0 Å². The van der Waals surface area contributed by atoms with Gasteiger partial charge >= 0.3 is 0 Å². The van der Waals surface area contributed by atoms with E-state index in [1.165, 1.54) is 0 Å². The Labute approximate surface area is 100 Å². The van der Waals surface area contributed by atoms with E-state index in [-0.39, 0.29) is 0 Å². The van der Waals surface area contributed by atoms with Crippen molar-refractivity contribution in [3.63, 3.8) is 0 Å². The number of nitrogens with one attached hydrogen (secondary N) is 2. The summed E-state index contributed by atoms with van der Waals surface area (Å²) in [6.45, 7) is 5.93. The van der Waals surface area contributed by atoms with E-state index < -0.39 is 0 Å². The van der Waals surface area contributed by atoms with Crippen molar-refractivity contribution in [1.29, 1.82) is 0 Å². The van der Waals surface area contributed by atoms with E-state index in [0.29, 0.717) is 13.1 Å². The lowest BCUT2D eigenvalue weighted by atomic mass is 10.5. The molecular formula is C11H16N4S. The Bertz CT molecular complexity index is 389. The van der Waals surface area contributed by atoms with Crippen molar-refractivity contribution in [3.8, 4) is 12.3 Å². The minimum atomic E-state index is 0.480. The molecule has 2 N–H and O–H groups in total. The number of rotatable bonds is 4. The van der Waals surface area contributed by atoms with E-state index in [1.807, 2.05) is 20.0 Å². The number of aryl methyl sites for hydroxylation is 1. The molecule has 0 fully saturated rings. The summed E-state index contributed by atoms with van der Waals surface area (Å²) in [6, 6.07) is 0. The third-order valence-corrected chi connectivity index (χ3v) is 2.66. The molecule has 0 saturated carbocycles. The number of terminal acetylenes is 1. The Morgan fingerprint density at radius 1 is 1.62 bits per heavy atom. The Morgan fingerprint density at radius 3 is 3.00 bits per heavy atom. The van der Waals surface area contributed by atoms with Crippen LogP contribution in [0.15, 0.2) is 11.2 Å². The second-order valence-corrected chi connectivity index (χ2v) is 4.42. The molecule has 4 nitrogen and oxygen atoms in total. The van der Waals surface area contributed by atoms with Gasteiger partial charge in [0, 0.05) is 17.6 Å². The van der Waals surface area contributed by atoms with Crippen LogP contribution in [0.5, 0.6) is 0 Å². The number of hydrogen-bond donors (Lipinski definition) is 2. The number of thiazole rings is 1. The van der Waals surface area contributed by atoms with Gasteiger partial charge < -0.3 is 10.6 Å². The van der Waals surface area contributed by atoms with Crippen molar-refractivity contribution in [1.82, 2.24) is 15.6 Å². The zero-order valence-electron chi connectivity index (χ0n) is 9.58. The highest BCUT2D eigenvalue weighted by Crippen LogP contribution is 2.11. The first-order valence-corrected chi connectivity index (χ1v) is 5.95. The monoisotopic (exact) mass is 236 g/mol. The Morgan fingerprint density at radius 2 is 2.44 bits per heavy atom. The molecule has 0 atom stereocenters. The highest BCUT2D eigenvalue weighted by atomic mass is 32.1. The summed E-state index contributed by atoms with van der Waals surface area (Å²) in [7, 11) is 0. The van der Waals surface area contributed by atoms with Gasteiger partial charge in [0.15, 0.2) is 5.96 Å². The third-order valence-electron chi connectivity index (χ3n) is 1.76. The first kappa shape index (κ1) is 12.5. The van der Waals surface area contributed by atoms with Crippen molar-refractivity contribution >= 4 is 17.3 Å². The Balaban J connectivity index is 2.53. The number of hydrogen-bond acceptors (Lipinski definition) is 3. The molecule has 5 heteroatoms. The quantitative estimate of drug-likeness (QED) is 0.468. The van der Waals surface area contributed by atoms with E-state index in [1.54, 1.807) is 11.3 Å². The predicted octanol–water partition coefficient (Wildman–Crippen LogP) is 1.14. The molecule has 0 aliphatic heterocycles. The van der Waals surface area contributed by atoms with Gasteiger partial charge in [-0.25, -0.2) is 9.98 Å². The minimum Gasteiger partial charge on any atom is -0.357 e. The lowest BCUT2D eigenvalue weighted by Gasteiger charge is -2.07. The van der Waals surface area contributed by atoms with Gasteiger partial charge in [0.25, 0.3) is 0 Å². The van der Waals surface area contributed by atoms with Crippen LogP contribution in [0.1, 0.15) is 16.8 Å². The SMILES string of the molecule is C#CCNC(=NCc1cnc(C)s1)NCC. The van der Waals surface area contributed by atoms with Crippen LogP contribution >= 0.6 is 11.3 Å². The highest BCUT2D eigenvalue weighted by Gasteiger charge is 1.98. The van der Waals surface area contributed by atoms with Crippen molar-refractivity contribution in [2.24, 2.45) is 4.99 Å². The van der Waals surface area contributed by atoms with Gasteiger partial charge in [-0.2, -0.15) is 0 Å². The van der Waals surface area contributed by atoms with Crippen LogP contribution in [0.2, 0.25) is 0 Å². The summed E-state index contributed by atoms with van der Waals surface area (Å²) in [6.07, 6.45) is 7.04. The maximum absolute atomic E-state index is 5.18. The van der Waals surface area contributed by atoms with E-state index in [0.717, 1.165) is 22.4 Å². The van der Waals surface area contributed by atoms with Crippen LogP contribution in [0, 0.1) is 19.3 Å². The van der Waals surface area contributed by atoms with Crippen molar-refractivity contribution in [3.05, 3.63) is 16.1 Å². The zero-order valence-corrected chi connectivity index (χ0v) is 10.4. The lowest BCUT2D eigenvalue weighted by molar-refractivity contribution is 0.867. The molecule has 0 amide bonds. The Kier molecular flexibility index (Phi) is 5.37. The highest BCUT2D eigenvalue weighted by molar-refractivity contribution is 7.11. The first-order chi connectivity index (χ1) is 7.76. The molecule has 0 unspecified atom stereocenters. The zero-order chi connectivity index (χ0) is 11.8. The molecule has 0 aliphatic rings. The second kappa shape index (κ2) is 6.85. The maximum Gasteiger partial charge on any atom is 0.192 e. The van der Waals surface area contributed by atoms with Crippen molar-refractivity contribution < 1.29 is 0 Å². The van der Waals surface area contributed by atoms with Gasteiger partial charge in [0.05, 0.1) is 18.1 Å². The second-order valence-electron chi connectivity index (χ2n) is 3.10. The van der Waals surface area contributed by atoms with Crippen molar-refractivity contribution in [2.75, 3.05) is 13.1 Å². The van der Waals surface area contributed by atoms with Gasteiger partial charge in [-0.05, 0) is 13.8 Å². The molecule has 1 heterocycles. The average Bonchev–Trinajstić information content (AvgIpc) is 2.68. The fourth-order valence-electron chi connectivity index (χ4n) is 1.11. The molecule has 86 valence electrons. The number of aliphatic imine (C=N–C) groups is 1. The summed E-state index contributed by atoms with van der Waals surface area (Å²) < 4.78 is 0. The summed E-state index contributed by atoms with van der Waals surface area (Å²) in [5.41, 5.74) is 0. The molecule has 1 aromatic rings. The number of guanidine groups is 1. The van der Waals surface area contributed by atoms with Crippen LogP contribution < -0.4 is 10.6 Å². The summed E-state index contributed by atoms with van der Waals surface area (Å²) in [5, 5.41) is 7.22. The van der Waals surface area contributed by atoms with Crippen LogP contribution in [-0.4, -0.2) is 24.0 Å². The maximum atomic E-state index is 5.18. The smallest absolute Gasteiger partial charge is 0.192 e.